The molecule has 2 N–H and O–H groups in total. The van der Waals surface area contributed by atoms with Gasteiger partial charge in [-0.3, -0.25) is 14.5 Å². The quantitative estimate of drug-likeness (QED) is 0.362. The van der Waals surface area contributed by atoms with E-state index in [1.807, 2.05) is 48.7 Å². The number of nitrogens with one attached hydrogen (secondary N) is 1. The molecular formula is C27H28N6O3S. The van der Waals surface area contributed by atoms with Crippen LogP contribution in [0.4, 0.5) is 5.69 Å². The number of carbonyl (C=O) groups is 2. The summed E-state index contributed by atoms with van der Waals surface area (Å²) in [6.07, 6.45) is 4.00. The van der Waals surface area contributed by atoms with E-state index < -0.39 is 11.9 Å². The fourth-order valence-corrected chi connectivity index (χ4v) is 5.39. The van der Waals surface area contributed by atoms with E-state index >= 15 is 0 Å². The largest absolute Gasteiger partial charge is 0.508 e. The SMILES string of the molecule is Cc1ccc(-c2nnn(CC(=O)N(c3cccc(O)c3)[C@@H](C(=O)NC3CCCC3)c3cccs3)n2)cc1. The van der Waals surface area contributed by atoms with E-state index in [2.05, 4.69) is 20.7 Å². The standard InChI is InChI=1S/C27H28N6O3S/c1-18-11-13-19(14-12-18)26-29-31-32(30-26)17-24(35)33(21-8-4-9-22(34)16-21)25(23-10-5-15-37-23)27(36)28-20-6-2-3-7-20/h4-5,8-16,20,25,34H,2-3,6-7,17H2,1H3,(H,28,36)/t25-/m1/s1. The van der Waals surface area contributed by atoms with Gasteiger partial charge in [0.05, 0.1) is 0 Å². The van der Waals surface area contributed by atoms with Gasteiger partial charge in [-0.15, -0.1) is 21.5 Å². The van der Waals surface area contributed by atoms with E-state index in [1.54, 1.807) is 12.1 Å². The molecule has 2 amide bonds. The summed E-state index contributed by atoms with van der Waals surface area (Å²) in [5.74, 6) is -0.251. The Labute approximate surface area is 218 Å². The highest BCUT2D eigenvalue weighted by Crippen LogP contribution is 2.33. The van der Waals surface area contributed by atoms with Crippen molar-refractivity contribution in [1.29, 1.82) is 0 Å². The Morgan fingerprint density at radius 1 is 1.14 bits per heavy atom. The highest BCUT2D eigenvalue weighted by atomic mass is 32.1. The Bertz CT molecular complexity index is 1360. The summed E-state index contributed by atoms with van der Waals surface area (Å²) >= 11 is 1.40. The molecule has 4 aromatic rings. The number of nitrogens with zero attached hydrogens (tertiary/aromatic N) is 5. The van der Waals surface area contributed by atoms with Gasteiger partial charge in [0.25, 0.3) is 5.91 Å². The van der Waals surface area contributed by atoms with Crippen molar-refractivity contribution in [3.8, 4) is 17.1 Å². The van der Waals surface area contributed by atoms with Crippen molar-refractivity contribution in [2.24, 2.45) is 0 Å². The number of anilines is 1. The number of phenols is 1. The van der Waals surface area contributed by atoms with Gasteiger partial charge in [-0.05, 0) is 48.6 Å². The average molecular weight is 517 g/mol. The number of amides is 2. The first-order chi connectivity index (χ1) is 18.0. The number of benzene rings is 2. The zero-order valence-electron chi connectivity index (χ0n) is 20.4. The Kier molecular flexibility index (Phi) is 7.27. The molecule has 0 aliphatic heterocycles. The molecule has 1 aliphatic rings. The molecule has 10 heteroatoms. The lowest BCUT2D eigenvalue weighted by Gasteiger charge is -2.31. The van der Waals surface area contributed by atoms with Crippen LogP contribution in [0.3, 0.4) is 0 Å². The molecule has 2 aromatic heterocycles. The van der Waals surface area contributed by atoms with Crippen molar-refractivity contribution in [2.45, 2.75) is 51.2 Å². The Hall–Kier alpha value is -4.05. The summed E-state index contributed by atoms with van der Waals surface area (Å²) in [5.41, 5.74) is 2.31. The molecule has 0 spiro atoms. The Morgan fingerprint density at radius 2 is 1.92 bits per heavy atom. The van der Waals surface area contributed by atoms with Crippen molar-refractivity contribution >= 4 is 28.8 Å². The average Bonchev–Trinajstić information content (AvgIpc) is 3.66. The lowest BCUT2D eigenvalue weighted by atomic mass is 10.1. The molecule has 2 heterocycles. The van der Waals surface area contributed by atoms with E-state index in [-0.39, 0.29) is 24.2 Å². The normalized spacial score (nSPS) is 14.4. The third kappa shape index (κ3) is 5.69. The Balaban J connectivity index is 1.47. The minimum Gasteiger partial charge on any atom is -0.508 e. The van der Waals surface area contributed by atoms with Gasteiger partial charge in [-0.2, -0.15) is 4.80 Å². The van der Waals surface area contributed by atoms with E-state index in [0.717, 1.165) is 41.7 Å². The fraction of sp³-hybridized carbons (Fsp3) is 0.296. The van der Waals surface area contributed by atoms with E-state index in [1.165, 1.54) is 33.2 Å². The molecule has 5 rings (SSSR count). The summed E-state index contributed by atoms with van der Waals surface area (Å²) in [6, 6.07) is 17.0. The number of phenolic OH excluding ortho intramolecular Hbond substituents is 1. The molecule has 0 saturated heterocycles. The summed E-state index contributed by atoms with van der Waals surface area (Å²) in [6.45, 7) is 1.77. The molecule has 37 heavy (non-hydrogen) atoms. The van der Waals surface area contributed by atoms with Crippen molar-refractivity contribution in [2.75, 3.05) is 4.90 Å². The van der Waals surface area contributed by atoms with Crippen molar-refractivity contribution in [1.82, 2.24) is 25.5 Å². The topological polar surface area (TPSA) is 113 Å². The van der Waals surface area contributed by atoms with Crippen LogP contribution in [0.15, 0.2) is 66.0 Å². The molecule has 1 fully saturated rings. The number of carbonyl (C=O) groups excluding carboxylic acids is 2. The molecular weight excluding hydrogens is 488 g/mol. The van der Waals surface area contributed by atoms with E-state index in [0.29, 0.717) is 11.5 Å². The monoisotopic (exact) mass is 516 g/mol. The van der Waals surface area contributed by atoms with Crippen LogP contribution in [0.5, 0.6) is 5.75 Å². The highest BCUT2D eigenvalue weighted by Gasteiger charge is 2.35. The summed E-state index contributed by atoms with van der Waals surface area (Å²) in [4.78, 5) is 30.9. The molecule has 190 valence electrons. The number of thiophene rings is 1. The molecule has 0 bridgehead atoms. The number of aryl methyl sites for hydroxylation is 1. The first kappa shape index (κ1) is 24.6. The molecule has 9 nitrogen and oxygen atoms in total. The van der Waals surface area contributed by atoms with Gasteiger partial charge in [0.2, 0.25) is 11.7 Å². The molecule has 1 atom stereocenters. The maximum Gasteiger partial charge on any atom is 0.251 e. The van der Waals surface area contributed by atoms with Crippen LogP contribution in [0.1, 0.15) is 42.2 Å². The van der Waals surface area contributed by atoms with Gasteiger partial charge in [0.15, 0.2) is 0 Å². The number of tetrazole rings is 1. The van der Waals surface area contributed by atoms with Crippen LogP contribution < -0.4 is 10.2 Å². The van der Waals surface area contributed by atoms with Crippen LogP contribution in [0.2, 0.25) is 0 Å². The lowest BCUT2D eigenvalue weighted by Crippen LogP contribution is -2.47. The van der Waals surface area contributed by atoms with Crippen LogP contribution in [-0.2, 0) is 16.1 Å². The second-order valence-electron chi connectivity index (χ2n) is 9.20. The van der Waals surface area contributed by atoms with Crippen molar-refractivity contribution in [3.63, 3.8) is 0 Å². The first-order valence-electron chi connectivity index (χ1n) is 12.3. The Morgan fingerprint density at radius 3 is 2.62 bits per heavy atom. The fourth-order valence-electron chi connectivity index (χ4n) is 4.58. The summed E-state index contributed by atoms with van der Waals surface area (Å²) in [7, 11) is 0. The van der Waals surface area contributed by atoms with E-state index in [9.17, 15) is 14.7 Å². The molecule has 1 aliphatic carbocycles. The maximum absolute atomic E-state index is 13.8. The lowest BCUT2D eigenvalue weighted by molar-refractivity contribution is -0.127. The predicted octanol–water partition coefficient (Wildman–Crippen LogP) is 4.25. The number of aromatic nitrogens is 4. The van der Waals surface area contributed by atoms with Gasteiger partial charge in [0.1, 0.15) is 18.3 Å². The smallest absolute Gasteiger partial charge is 0.251 e. The molecule has 0 radical (unpaired) electrons. The minimum absolute atomic E-state index is 0.00281. The van der Waals surface area contributed by atoms with Crippen LogP contribution in [0.25, 0.3) is 11.4 Å². The number of hydrogen-bond donors (Lipinski definition) is 2. The van der Waals surface area contributed by atoms with Gasteiger partial charge >= 0.3 is 0 Å². The first-order valence-corrected chi connectivity index (χ1v) is 13.2. The predicted molar refractivity (Wildman–Crippen MR) is 141 cm³/mol. The molecule has 2 aromatic carbocycles. The van der Waals surface area contributed by atoms with Crippen LogP contribution in [0, 0.1) is 6.92 Å². The van der Waals surface area contributed by atoms with Gasteiger partial charge < -0.3 is 10.4 Å². The van der Waals surface area contributed by atoms with Gasteiger partial charge in [0, 0.05) is 28.2 Å². The van der Waals surface area contributed by atoms with Crippen molar-refractivity contribution < 1.29 is 14.7 Å². The number of hydrogen-bond acceptors (Lipinski definition) is 7. The maximum atomic E-state index is 13.8. The van der Waals surface area contributed by atoms with Crippen LogP contribution in [-0.4, -0.2) is 43.2 Å². The second-order valence-corrected chi connectivity index (χ2v) is 10.2. The van der Waals surface area contributed by atoms with Crippen molar-refractivity contribution in [3.05, 3.63) is 76.5 Å². The number of rotatable bonds is 8. The van der Waals surface area contributed by atoms with Gasteiger partial charge in [-0.1, -0.05) is 54.8 Å². The zero-order chi connectivity index (χ0) is 25.8. The number of aromatic hydroxyl groups is 1. The minimum atomic E-state index is -0.907. The molecule has 1 saturated carbocycles. The van der Waals surface area contributed by atoms with E-state index in [4.69, 9.17) is 0 Å². The molecule has 0 unspecified atom stereocenters. The van der Waals surface area contributed by atoms with Gasteiger partial charge in [-0.25, -0.2) is 0 Å². The summed E-state index contributed by atoms with van der Waals surface area (Å²) in [5, 5.41) is 27.8. The zero-order valence-corrected chi connectivity index (χ0v) is 21.3. The highest BCUT2D eigenvalue weighted by molar-refractivity contribution is 7.10. The van der Waals surface area contributed by atoms with Crippen LogP contribution >= 0.6 is 11.3 Å². The third-order valence-corrected chi connectivity index (χ3v) is 7.36. The third-order valence-electron chi connectivity index (χ3n) is 6.44. The second kappa shape index (κ2) is 10.9. The summed E-state index contributed by atoms with van der Waals surface area (Å²) < 4.78 is 0.